The van der Waals surface area contributed by atoms with Gasteiger partial charge in [0.05, 0.1) is 29.2 Å². The average Bonchev–Trinajstić information content (AvgIpc) is 3.06. The average molecular weight is 410 g/mol. The summed E-state index contributed by atoms with van der Waals surface area (Å²) >= 11 is 5.85. The summed E-state index contributed by atoms with van der Waals surface area (Å²) in [4.78, 5) is 8.74. The Morgan fingerprint density at radius 3 is 2.66 bits per heavy atom. The lowest BCUT2D eigenvalue weighted by molar-refractivity contribution is 0.310. The number of aliphatic hydroxyl groups excluding tert-OH is 1. The molecule has 148 valence electrons. The van der Waals surface area contributed by atoms with Gasteiger partial charge in [0.2, 0.25) is 11.8 Å². The first-order chi connectivity index (χ1) is 14.1. The number of aliphatic hydroxyl groups is 1. The number of hydrogen-bond donors (Lipinski definition) is 3. The maximum absolute atomic E-state index is 9.15. The first-order valence-electron chi connectivity index (χ1n) is 9.11. The van der Waals surface area contributed by atoms with Crippen LogP contribution in [0.5, 0.6) is 11.6 Å². The first-order valence-corrected chi connectivity index (χ1v) is 9.49. The monoisotopic (exact) mass is 409 g/mol. The second-order valence-corrected chi connectivity index (χ2v) is 6.92. The van der Waals surface area contributed by atoms with Gasteiger partial charge in [-0.1, -0.05) is 23.7 Å². The minimum Gasteiger partial charge on any atom is -0.439 e. The molecule has 0 bridgehead atoms. The van der Waals surface area contributed by atoms with Crippen molar-refractivity contribution in [1.82, 2.24) is 14.5 Å². The number of nitrogen functional groups attached to an aromatic ring is 1. The highest BCUT2D eigenvalue weighted by molar-refractivity contribution is 6.30. The first kappa shape index (κ1) is 19.0. The van der Waals surface area contributed by atoms with Gasteiger partial charge >= 0.3 is 0 Å². The molecule has 29 heavy (non-hydrogen) atoms. The fourth-order valence-corrected chi connectivity index (χ4v) is 3.10. The molecule has 0 spiro atoms. The van der Waals surface area contributed by atoms with Crippen LogP contribution in [0.15, 0.2) is 60.8 Å². The zero-order chi connectivity index (χ0) is 20.2. The molecule has 0 aliphatic rings. The van der Waals surface area contributed by atoms with Crippen molar-refractivity contribution in [2.24, 2.45) is 0 Å². The summed E-state index contributed by atoms with van der Waals surface area (Å²) < 4.78 is 7.78. The zero-order valence-corrected chi connectivity index (χ0v) is 16.3. The van der Waals surface area contributed by atoms with E-state index < -0.39 is 0 Å². The molecule has 2 aromatic carbocycles. The van der Waals surface area contributed by atoms with Crippen molar-refractivity contribution in [3.63, 3.8) is 0 Å². The van der Waals surface area contributed by atoms with Crippen LogP contribution in [0, 0.1) is 0 Å². The van der Waals surface area contributed by atoms with E-state index in [-0.39, 0.29) is 6.61 Å². The van der Waals surface area contributed by atoms with Crippen LogP contribution in [-0.4, -0.2) is 32.8 Å². The van der Waals surface area contributed by atoms with E-state index >= 15 is 0 Å². The molecule has 0 atom stereocenters. The van der Waals surface area contributed by atoms with Crippen LogP contribution in [0.3, 0.4) is 0 Å². The summed E-state index contributed by atoms with van der Waals surface area (Å²) in [6, 6.07) is 16.8. The lowest BCUT2D eigenvalue weighted by Crippen LogP contribution is -2.12. The van der Waals surface area contributed by atoms with Gasteiger partial charge in [-0.3, -0.25) is 0 Å². The summed E-state index contributed by atoms with van der Waals surface area (Å²) in [7, 11) is 0. The van der Waals surface area contributed by atoms with Crippen molar-refractivity contribution < 1.29 is 9.84 Å². The van der Waals surface area contributed by atoms with E-state index in [0.29, 0.717) is 41.4 Å². The van der Waals surface area contributed by atoms with Gasteiger partial charge in [-0.2, -0.15) is 0 Å². The summed E-state index contributed by atoms with van der Waals surface area (Å²) in [5, 5.41) is 12.9. The third-order valence-corrected chi connectivity index (χ3v) is 4.58. The molecule has 0 radical (unpaired) electrons. The fourth-order valence-electron chi connectivity index (χ4n) is 2.99. The number of halogens is 1. The Bertz CT molecular complexity index is 1110. The quantitative estimate of drug-likeness (QED) is 0.400. The summed E-state index contributed by atoms with van der Waals surface area (Å²) in [6.07, 6.45) is 1.54. The predicted molar refractivity (Wildman–Crippen MR) is 115 cm³/mol. The Morgan fingerprint density at radius 1 is 1.10 bits per heavy atom. The van der Waals surface area contributed by atoms with Crippen LogP contribution in [0.2, 0.25) is 5.02 Å². The molecule has 2 heterocycles. The van der Waals surface area contributed by atoms with Gasteiger partial charge in [-0.15, -0.1) is 0 Å². The number of fused-ring (bicyclic) bond motifs is 1. The van der Waals surface area contributed by atoms with Crippen LogP contribution < -0.4 is 15.8 Å². The Kier molecular flexibility index (Phi) is 5.50. The number of nitrogens with zero attached hydrogens (tertiary/aromatic N) is 3. The van der Waals surface area contributed by atoms with E-state index in [0.717, 1.165) is 16.6 Å². The van der Waals surface area contributed by atoms with E-state index in [2.05, 4.69) is 15.3 Å². The minimum atomic E-state index is 0.0239. The van der Waals surface area contributed by atoms with Gasteiger partial charge in [0.15, 0.2) is 0 Å². The number of anilines is 2. The Morgan fingerprint density at radius 2 is 1.93 bits per heavy atom. The molecule has 0 aliphatic carbocycles. The molecule has 4 N–H and O–H groups in total. The number of hydrogen-bond acceptors (Lipinski definition) is 6. The normalized spacial score (nSPS) is 11.0. The maximum atomic E-state index is 9.15. The molecule has 0 aliphatic heterocycles. The van der Waals surface area contributed by atoms with E-state index in [4.69, 9.17) is 27.2 Å². The molecule has 0 unspecified atom stereocenters. The van der Waals surface area contributed by atoms with Gasteiger partial charge in [-0.25, -0.2) is 9.97 Å². The summed E-state index contributed by atoms with van der Waals surface area (Å²) in [5.41, 5.74) is 9.47. The molecule has 8 heteroatoms. The molecule has 0 saturated carbocycles. The van der Waals surface area contributed by atoms with Gasteiger partial charge in [0.25, 0.3) is 0 Å². The number of pyridine rings is 1. The van der Waals surface area contributed by atoms with E-state index in [1.807, 2.05) is 47.0 Å². The van der Waals surface area contributed by atoms with Crippen LogP contribution in [0.25, 0.3) is 11.0 Å². The molecule has 4 aromatic rings. The molecule has 2 aromatic heterocycles. The maximum Gasteiger partial charge on any atom is 0.219 e. The van der Waals surface area contributed by atoms with Gasteiger partial charge < -0.3 is 25.5 Å². The Balaban J connectivity index is 1.57. The van der Waals surface area contributed by atoms with Crippen LogP contribution >= 0.6 is 11.6 Å². The highest BCUT2D eigenvalue weighted by atomic mass is 35.5. The summed E-state index contributed by atoms with van der Waals surface area (Å²) in [5.74, 6) is 1.85. The lowest BCUT2D eigenvalue weighted by atomic mass is 10.2. The number of imidazole rings is 1. The van der Waals surface area contributed by atoms with Gasteiger partial charge in [-0.05, 0) is 42.0 Å². The lowest BCUT2D eigenvalue weighted by Gasteiger charge is -2.11. The van der Waals surface area contributed by atoms with Crippen molar-refractivity contribution in [3.05, 3.63) is 71.4 Å². The topological polar surface area (TPSA) is 98.2 Å². The van der Waals surface area contributed by atoms with Gasteiger partial charge in [0.1, 0.15) is 5.75 Å². The zero-order valence-electron chi connectivity index (χ0n) is 15.5. The van der Waals surface area contributed by atoms with Crippen molar-refractivity contribution >= 4 is 34.3 Å². The van der Waals surface area contributed by atoms with E-state index in [1.165, 1.54) is 0 Å². The third kappa shape index (κ3) is 4.42. The second-order valence-electron chi connectivity index (χ2n) is 6.48. The Hall–Kier alpha value is -3.29. The smallest absolute Gasteiger partial charge is 0.219 e. The summed E-state index contributed by atoms with van der Waals surface area (Å²) in [6.45, 7) is 1.03. The SMILES string of the molecule is Nc1ccc2nc(NCCO)n(Cc3ccc(Oc4ccc(Cl)cn4)cc3)c2c1. The van der Waals surface area contributed by atoms with Crippen molar-refractivity contribution in [2.75, 3.05) is 24.2 Å². The number of benzene rings is 2. The molecular formula is C21H20ClN5O2. The predicted octanol–water partition coefficient (Wildman–Crippen LogP) is 3.91. The molecular weight excluding hydrogens is 390 g/mol. The minimum absolute atomic E-state index is 0.0239. The van der Waals surface area contributed by atoms with Crippen molar-refractivity contribution in [1.29, 1.82) is 0 Å². The molecule has 4 rings (SSSR count). The standard InChI is InChI=1S/C21H20ClN5O2/c22-15-3-8-20(25-12-15)29-17-5-1-14(2-6-17)13-27-19-11-16(23)4-7-18(19)26-21(27)24-9-10-28/h1-8,11-12,28H,9-10,13,23H2,(H,24,26). The van der Waals surface area contributed by atoms with Crippen LogP contribution in [0.4, 0.5) is 11.6 Å². The second kappa shape index (κ2) is 8.38. The number of aromatic nitrogens is 3. The third-order valence-electron chi connectivity index (χ3n) is 4.35. The largest absolute Gasteiger partial charge is 0.439 e. The van der Waals surface area contributed by atoms with Crippen molar-refractivity contribution in [2.45, 2.75) is 6.54 Å². The number of rotatable bonds is 7. The number of nitrogens with two attached hydrogens (primary N) is 1. The Labute approximate surface area is 172 Å². The van der Waals surface area contributed by atoms with E-state index in [1.54, 1.807) is 18.3 Å². The van der Waals surface area contributed by atoms with E-state index in [9.17, 15) is 0 Å². The molecule has 0 fully saturated rings. The molecule has 0 amide bonds. The van der Waals surface area contributed by atoms with Crippen LogP contribution in [-0.2, 0) is 6.54 Å². The highest BCUT2D eigenvalue weighted by Crippen LogP contribution is 2.25. The highest BCUT2D eigenvalue weighted by Gasteiger charge is 2.11. The van der Waals surface area contributed by atoms with Crippen LogP contribution in [0.1, 0.15) is 5.56 Å². The molecule has 7 nitrogen and oxygen atoms in total. The number of ether oxygens (including phenoxy) is 1. The molecule has 0 saturated heterocycles. The van der Waals surface area contributed by atoms with Crippen molar-refractivity contribution in [3.8, 4) is 11.6 Å². The van der Waals surface area contributed by atoms with Gasteiger partial charge in [0, 0.05) is 24.5 Å². The fraction of sp³-hybridized carbons (Fsp3) is 0.143. The number of nitrogens with one attached hydrogen (secondary N) is 1.